The first kappa shape index (κ1) is 10.7. The average Bonchev–Trinajstić information content (AvgIpc) is 2.63. The molecule has 0 amide bonds. The molecule has 5 heteroatoms. The third kappa shape index (κ3) is 1.68. The first-order valence-corrected chi connectivity index (χ1v) is 5.43. The minimum absolute atomic E-state index is 0.355. The van der Waals surface area contributed by atoms with Crippen LogP contribution in [0.4, 0.5) is 5.82 Å². The second-order valence-corrected chi connectivity index (χ2v) is 4.28. The number of nitrogen functional groups attached to an aromatic ring is 1. The number of rotatable bonds is 1. The zero-order valence-corrected chi connectivity index (χ0v) is 10.2. The fourth-order valence-electron chi connectivity index (χ4n) is 1.42. The highest BCUT2D eigenvalue weighted by Gasteiger charge is 2.10. The molecule has 0 fully saturated rings. The molecule has 0 spiro atoms. The van der Waals surface area contributed by atoms with Gasteiger partial charge in [-0.1, -0.05) is 6.07 Å². The summed E-state index contributed by atoms with van der Waals surface area (Å²) >= 11 is 3.43. The summed E-state index contributed by atoms with van der Waals surface area (Å²) in [6.07, 6.45) is 1.46. The summed E-state index contributed by atoms with van der Waals surface area (Å²) in [6, 6.07) is 7.86. The number of hydrogen-bond donors (Lipinski definition) is 1. The Labute approximate surface area is 101 Å². The van der Waals surface area contributed by atoms with Crippen LogP contribution in [0.3, 0.4) is 0 Å². The third-order valence-electron chi connectivity index (χ3n) is 2.26. The molecule has 0 aliphatic carbocycles. The van der Waals surface area contributed by atoms with E-state index in [-0.39, 0.29) is 0 Å². The number of nitrogens with two attached hydrogens (primary N) is 1. The number of aryl methyl sites for hydroxylation is 1. The smallest absolute Gasteiger partial charge is 0.145 e. The van der Waals surface area contributed by atoms with Crippen LogP contribution in [0.15, 0.2) is 28.9 Å². The largest absolute Gasteiger partial charge is 0.382 e. The molecule has 0 unspecified atom stereocenters. The van der Waals surface area contributed by atoms with Crippen LogP contribution < -0.4 is 5.73 Å². The summed E-state index contributed by atoms with van der Waals surface area (Å²) in [6.45, 7) is 1.99. The summed E-state index contributed by atoms with van der Waals surface area (Å²) in [5.74, 6) is 0.355. The van der Waals surface area contributed by atoms with Crippen molar-refractivity contribution >= 4 is 21.7 Å². The first-order valence-electron chi connectivity index (χ1n) is 4.63. The van der Waals surface area contributed by atoms with E-state index in [1.54, 1.807) is 4.68 Å². The van der Waals surface area contributed by atoms with Crippen molar-refractivity contribution in [2.75, 3.05) is 5.73 Å². The zero-order chi connectivity index (χ0) is 11.7. The predicted octanol–water partition coefficient (Wildman–Crippen LogP) is 2.40. The van der Waals surface area contributed by atoms with E-state index in [4.69, 9.17) is 11.0 Å². The van der Waals surface area contributed by atoms with Gasteiger partial charge in [0.05, 0.1) is 11.9 Å². The minimum atomic E-state index is 0.355. The lowest BCUT2D eigenvalue weighted by Gasteiger charge is -2.07. The summed E-state index contributed by atoms with van der Waals surface area (Å²) < 4.78 is 2.44. The Hall–Kier alpha value is -1.80. The van der Waals surface area contributed by atoms with Crippen LogP contribution in [0.1, 0.15) is 11.1 Å². The monoisotopic (exact) mass is 276 g/mol. The molecule has 0 radical (unpaired) electrons. The summed E-state index contributed by atoms with van der Waals surface area (Å²) in [5.41, 5.74) is 8.14. The van der Waals surface area contributed by atoms with Gasteiger partial charge in [0, 0.05) is 4.47 Å². The van der Waals surface area contributed by atoms with Crippen LogP contribution in [0, 0.1) is 18.3 Å². The number of anilines is 1. The molecule has 0 atom stereocenters. The molecular formula is C11H9BrN4. The van der Waals surface area contributed by atoms with Gasteiger partial charge in [-0.3, -0.25) is 0 Å². The fraction of sp³-hybridized carbons (Fsp3) is 0.0909. The highest BCUT2D eigenvalue weighted by atomic mass is 79.9. The average molecular weight is 277 g/mol. The van der Waals surface area contributed by atoms with Crippen LogP contribution in [0.25, 0.3) is 5.69 Å². The van der Waals surface area contributed by atoms with E-state index in [1.165, 1.54) is 6.20 Å². The third-order valence-corrected chi connectivity index (χ3v) is 2.93. The van der Waals surface area contributed by atoms with Gasteiger partial charge >= 0.3 is 0 Å². The van der Waals surface area contributed by atoms with Gasteiger partial charge in [0.25, 0.3) is 0 Å². The van der Waals surface area contributed by atoms with Crippen molar-refractivity contribution in [2.45, 2.75) is 6.92 Å². The maximum absolute atomic E-state index is 8.81. The second-order valence-electron chi connectivity index (χ2n) is 3.42. The lowest BCUT2D eigenvalue weighted by molar-refractivity contribution is 0.885. The van der Waals surface area contributed by atoms with Crippen molar-refractivity contribution in [1.82, 2.24) is 9.78 Å². The van der Waals surface area contributed by atoms with Gasteiger partial charge in [0.1, 0.15) is 17.5 Å². The number of aromatic nitrogens is 2. The highest BCUT2D eigenvalue weighted by Crippen LogP contribution is 2.25. The standard InChI is InChI=1S/C11H9BrN4/c1-7-2-3-9(12)10(4-7)16-11(14)8(5-13)6-15-16/h2-4,6H,14H2,1H3. The van der Waals surface area contributed by atoms with Crippen LogP contribution in [0.5, 0.6) is 0 Å². The van der Waals surface area contributed by atoms with Crippen LogP contribution in [-0.2, 0) is 0 Å². The Morgan fingerprint density at radius 2 is 2.25 bits per heavy atom. The van der Waals surface area contributed by atoms with Gasteiger partial charge in [-0.25, -0.2) is 4.68 Å². The SMILES string of the molecule is Cc1ccc(Br)c(-n2ncc(C#N)c2N)c1. The topological polar surface area (TPSA) is 67.6 Å². The molecular weight excluding hydrogens is 268 g/mol. The molecule has 2 aromatic rings. The number of nitriles is 1. The Morgan fingerprint density at radius 1 is 1.50 bits per heavy atom. The van der Waals surface area contributed by atoms with Gasteiger partial charge in [-0.15, -0.1) is 0 Å². The Balaban J connectivity index is 2.64. The molecule has 16 heavy (non-hydrogen) atoms. The molecule has 80 valence electrons. The van der Waals surface area contributed by atoms with Crippen molar-refractivity contribution in [3.8, 4) is 11.8 Å². The van der Waals surface area contributed by atoms with Gasteiger partial charge in [-0.05, 0) is 40.5 Å². The molecule has 2 rings (SSSR count). The second kappa shape index (κ2) is 3.99. The Kier molecular flexibility index (Phi) is 2.67. The first-order chi connectivity index (χ1) is 7.63. The fourth-order valence-corrected chi connectivity index (χ4v) is 1.84. The van der Waals surface area contributed by atoms with Crippen molar-refractivity contribution < 1.29 is 0 Å². The van der Waals surface area contributed by atoms with E-state index in [0.29, 0.717) is 11.4 Å². The van der Waals surface area contributed by atoms with E-state index < -0.39 is 0 Å². The molecule has 4 nitrogen and oxygen atoms in total. The lowest BCUT2D eigenvalue weighted by atomic mass is 10.2. The summed E-state index contributed by atoms with van der Waals surface area (Å²) in [5, 5.41) is 12.9. The van der Waals surface area contributed by atoms with Crippen LogP contribution in [0.2, 0.25) is 0 Å². The van der Waals surface area contributed by atoms with E-state index in [0.717, 1.165) is 15.7 Å². The minimum Gasteiger partial charge on any atom is -0.382 e. The zero-order valence-electron chi connectivity index (χ0n) is 8.61. The van der Waals surface area contributed by atoms with Crippen molar-refractivity contribution in [1.29, 1.82) is 5.26 Å². The highest BCUT2D eigenvalue weighted by molar-refractivity contribution is 9.10. The summed E-state index contributed by atoms with van der Waals surface area (Å²) in [4.78, 5) is 0. The van der Waals surface area contributed by atoms with Gasteiger partial charge in [-0.2, -0.15) is 10.4 Å². The van der Waals surface area contributed by atoms with Gasteiger partial charge in [0.15, 0.2) is 0 Å². The van der Waals surface area contributed by atoms with Crippen molar-refractivity contribution in [3.63, 3.8) is 0 Å². The van der Waals surface area contributed by atoms with E-state index in [9.17, 15) is 0 Å². The lowest BCUT2D eigenvalue weighted by Crippen LogP contribution is -2.03. The van der Waals surface area contributed by atoms with E-state index in [2.05, 4.69) is 21.0 Å². The summed E-state index contributed by atoms with van der Waals surface area (Å²) in [7, 11) is 0. The van der Waals surface area contributed by atoms with Gasteiger partial charge in [0.2, 0.25) is 0 Å². The predicted molar refractivity (Wildman–Crippen MR) is 65.1 cm³/mol. The quantitative estimate of drug-likeness (QED) is 0.870. The molecule has 1 aromatic heterocycles. The van der Waals surface area contributed by atoms with E-state index in [1.807, 2.05) is 31.2 Å². The number of benzene rings is 1. The molecule has 0 saturated heterocycles. The Bertz CT molecular complexity index is 580. The van der Waals surface area contributed by atoms with E-state index >= 15 is 0 Å². The van der Waals surface area contributed by atoms with Crippen molar-refractivity contribution in [3.05, 3.63) is 40.0 Å². The molecule has 0 aliphatic heterocycles. The van der Waals surface area contributed by atoms with Crippen LogP contribution >= 0.6 is 15.9 Å². The maximum atomic E-state index is 8.81. The number of nitrogens with zero attached hydrogens (tertiary/aromatic N) is 3. The Morgan fingerprint density at radius 3 is 2.88 bits per heavy atom. The van der Waals surface area contributed by atoms with Crippen molar-refractivity contribution in [2.24, 2.45) is 0 Å². The molecule has 1 aromatic carbocycles. The molecule has 0 saturated carbocycles. The maximum Gasteiger partial charge on any atom is 0.145 e. The normalized spacial score (nSPS) is 10.1. The molecule has 0 bridgehead atoms. The van der Waals surface area contributed by atoms with Crippen LogP contribution in [-0.4, -0.2) is 9.78 Å². The molecule has 1 heterocycles. The molecule has 0 aliphatic rings. The number of hydrogen-bond acceptors (Lipinski definition) is 3. The van der Waals surface area contributed by atoms with Gasteiger partial charge < -0.3 is 5.73 Å². The molecule has 2 N–H and O–H groups in total. The number of halogens is 1.